The van der Waals surface area contributed by atoms with Gasteiger partial charge in [-0.2, -0.15) is 0 Å². The van der Waals surface area contributed by atoms with Gasteiger partial charge in [-0.25, -0.2) is 15.0 Å². The van der Waals surface area contributed by atoms with Crippen LogP contribution in [-0.2, 0) is 18.6 Å². The fraction of sp³-hybridized carbons (Fsp3) is 0.389. The second-order valence-corrected chi connectivity index (χ2v) is 8.37. The van der Waals surface area contributed by atoms with Gasteiger partial charge in [-0.1, -0.05) is 24.3 Å². The minimum absolute atomic E-state index is 0.0392. The summed E-state index contributed by atoms with van der Waals surface area (Å²) in [6.45, 7) is -0.0965. The lowest BCUT2D eigenvalue weighted by Crippen LogP contribution is -2.39. The quantitative estimate of drug-likeness (QED) is 0.200. The molecule has 1 aromatic carbocycles. The monoisotopic (exact) mass is 476 g/mol. The molecule has 5 rings (SSSR count). The van der Waals surface area contributed by atoms with Crippen LogP contribution in [-0.4, -0.2) is 73.0 Å². The van der Waals surface area contributed by atoms with Gasteiger partial charge in [0.15, 0.2) is 17.7 Å². The van der Waals surface area contributed by atoms with Gasteiger partial charge < -0.3 is 44.9 Å². The first-order chi connectivity index (χ1) is 16.0. The van der Waals surface area contributed by atoms with Gasteiger partial charge in [-0.05, 0) is 11.0 Å². The van der Waals surface area contributed by atoms with Crippen LogP contribution in [0.25, 0.3) is 11.2 Å². The number of ether oxygens (including phenoxy) is 1. The molecule has 33 heavy (non-hydrogen) atoms. The van der Waals surface area contributed by atoms with Crippen molar-refractivity contribution in [3.63, 3.8) is 0 Å². The summed E-state index contributed by atoms with van der Waals surface area (Å²) >= 11 is 0. The third-order valence-electron chi connectivity index (χ3n) is 5.69. The number of nitrogen functional groups attached to an aromatic ring is 1. The van der Waals surface area contributed by atoms with Crippen molar-refractivity contribution in [2.24, 2.45) is 5.73 Å². The average Bonchev–Trinajstić information content (AvgIpc) is 3.51. The van der Waals surface area contributed by atoms with E-state index in [-0.39, 0.29) is 19.0 Å². The molecule has 2 fully saturated rings. The van der Waals surface area contributed by atoms with E-state index >= 15 is 0 Å². The summed E-state index contributed by atoms with van der Waals surface area (Å²) in [4.78, 5) is 30.9. The van der Waals surface area contributed by atoms with Crippen LogP contribution in [0.3, 0.4) is 0 Å². The summed E-state index contributed by atoms with van der Waals surface area (Å²) in [5.74, 6) is 0.227. The first-order valence-corrected chi connectivity index (χ1v) is 11.3. The molecule has 3 aromatic rings. The number of rotatable bonds is 7. The van der Waals surface area contributed by atoms with Gasteiger partial charge in [0.25, 0.3) is 0 Å². The smallest absolute Gasteiger partial charge is 0.399 e. The molecule has 0 aliphatic carbocycles. The number of aliphatic hydroxyl groups excluding tert-OH is 1. The maximum Gasteiger partial charge on any atom is 0.495 e. The van der Waals surface area contributed by atoms with Gasteiger partial charge in [0.1, 0.15) is 30.2 Å². The molecule has 2 aromatic heterocycles. The fourth-order valence-corrected chi connectivity index (χ4v) is 4.47. The Bertz CT molecular complexity index is 1140. The van der Waals surface area contributed by atoms with Crippen LogP contribution < -0.4 is 16.9 Å². The summed E-state index contributed by atoms with van der Waals surface area (Å²) in [5.41, 5.74) is 13.7. The molecule has 13 nitrogen and oxygen atoms in total. The van der Waals surface area contributed by atoms with Crippen molar-refractivity contribution in [3.8, 4) is 0 Å². The Balaban J connectivity index is 1.49. The number of hydrogen-bond donors (Lipinski definition) is 5. The molecule has 0 saturated carbocycles. The Morgan fingerprint density at radius 1 is 1.18 bits per heavy atom. The Morgan fingerprint density at radius 2 is 1.97 bits per heavy atom. The number of hydrogen-bond acceptors (Lipinski definition) is 12. The minimum atomic E-state index is -2.58. The molecule has 7 N–H and O–H groups in total. The van der Waals surface area contributed by atoms with E-state index in [2.05, 4.69) is 15.0 Å². The number of benzene rings is 1. The lowest BCUT2D eigenvalue weighted by atomic mass is 9.75. The van der Waals surface area contributed by atoms with Crippen LogP contribution in [0.2, 0.25) is 0 Å². The van der Waals surface area contributed by atoms with Crippen LogP contribution in [0.5, 0.6) is 0 Å². The van der Waals surface area contributed by atoms with E-state index < -0.39 is 46.4 Å². The van der Waals surface area contributed by atoms with E-state index in [9.17, 15) is 14.9 Å². The van der Waals surface area contributed by atoms with E-state index in [4.69, 9.17) is 30.0 Å². The highest BCUT2D eigenvalue weighted by molar-refractivity contribution is 7.39. The number of nitrogens with zero attached hydrogens (tertiary/aromatic N) is 4. The molecule has 2 aliphatic heterocycles. The highest BCUT2D eigenvalue weighted by Gasteiger charge is 2.56. The van der Waals surface area contributed by atoms with Crippen molar-refractivity contribution in [1.29, 1.82) is 0 Å². The molecular formula is C18H22BN6O7P. The zero-order valence-corrected chi connectivity index (χ0v) is 18.1. The van der Waals surface area contributed by atoms with Crippen LogP contribution in [0.15, 0.2) is 36.9 Å². The SMILES string of the molecule is NCC(O)c1ccccc1B1OC2C(COP(O)O)OC(n3cnc4c(N)ncnc43)C2O1. The van der Waals surface area contributed by atoms with Crippen LogP contribution in [0, 0.1) is 0 Å². The summed E-state index contributed by atoms with van der Waals surface area (Å²) in [6, 6.07) is 7.16. The average molecular weight is 476 g/mol. The van der Waals surface area contributed by atoms with Crippen LogP contribution in [0.1, 0.15) is 17.9 Å². The van der Waals surface area contributed by atoms with E-state index in [0.717, 1.165) is 0 Å². The molecule has 0 bridgehead atoms. The molecule has 2 saturated heterocycles. The summed E-state index contributed by atoms with van der Waals surface area (Å²) in [7, 11) is -3.39. The summed E-state index contributed by atoms with van der Waals surface area (Å²) in [5, 5.41) is 10.3. The number of anilines is 1. The molecule has 2 aliphatic rings. The van der Waals surface area contributed by atoms with Crippen molar-refractivity contribution in [1.82, 2.24) is 19.5 Å². The number of aliphatic hydroxyl groups is 1. The molecule has 0 spiro atoms. The van der Waals surface area contributed by atoms with Gasteiger partial charge >= 0.3 is 15.7 Å². The first kappa shape index (κ1) is 22.5. The molecular weight excluding hydrogens is 454 g/mol. The third-order valence-corrected chi connectivity index (χ3v) is 6.07. The summed E-state index contributed by atoms with van der Waals surface area (Å²) in [6.07, 6.45) is -0.676. The number of aromatic nitrogens is 4. The third kappa shape index (κ3) is 4.10. The predicted octanol–water partition coefficient (Wildman–Crippen LogP) is -1.29. The van der Waals surface area contributed by atoms with Crippen LogP contribution in [0.4, 0.5) is 5.82 Å². The lowest BCUT2D eigenvalue weighted by Gasteiger charge is -2.21. The Morgan fingerprint density at radius 3 is 2.76 bits per heavy atom. The van der Waals surface area contributed by atoms with E-state index in [0.29, 0.717) is 22.2 Å². The molecule has 15 heteroatoms. The van der Waals surface area contributed by atoms with Gasteiger partial charge in [-0.3, -0.25) is 4.57 Å². The van der Waals surface area contributed by atoms with Gasteiger partial charge in [-0.15, -0.1) is 0 Å². The molecule has 0 amide bonds. The second kappa shape index (κ2) is 9.18. The van der Waals surface area contributed by atoms with Crippen molar-refractivity contribution < 1.29 is 33.5 Å². The zero-order valence-electron chi connectivity index (χ0n) is 17.2. The van der Waals surface area contributed by atoms with Crippen molar-refractivity contribution in [2.45, 2.75) is 30.6 Å². The lowest BCUT2D eigenvalue weighted by molar-refractivity contribution is -0.0544. The zero-order chi connectivity index (χ0) is 23.1. The van der Waals surface area contributed by atoms with Crippen LogP contribution >= 0.6 is 8.60 Å². The van der Waals surface area contributed by atoms with Crippen molar-refractivity contribution >= 4 is 38.2 Å². The Hall–Kier alpha value is -2.26. The number of fused-ring (bicyclic) bond motifs is 2. The van der Waals surface area contributed by atoms with Gasteiger partial charge in [0.05, 0.1) is 19.0 Å². The highest BCUT2D eigenvalue weighted by atomic mass is 31.2. The molecule has 4 heterocycles. The molecule has 5 unspecified atom stereocenters. The topological polar surface area (TPSA) is 193 Å². The largest absolute Gasteiger partial charge is 0.495 e. The maximum absolute atomic E-state index is 10.3. The van der Waals surface area contributed by atoms with E-state index in [1.807, 2.05) is 6.07 Å². The predicted molar refractivity (Wildman–Crippen MR) is 117 cm³/mol. The second-order valence-electron chi connectivity index (χ2n) is 7.61. The highest BCUT2D eigenvalue weighted by Crippen LogP contribution is 2.41. The van der Waals surface area contributed by atoms with Gasteiger partial charge in [0.2, 0.25) is 0 Å². The Kier molecular flexibility index (Phi) is 6.27. The number of nitrogens with two attached hydrogens (primary N) is 2. The molecule has 0 radical (unpaired) electrons. The summed E-state index contributed by atoms with van der Waals surface area (Å²) < 4.78 is 25.3. The normalized spacial score (nSPS) is 25.8. The fourth-order valence-electron chi connectivity index (χ4n) is 4.19. The maximum atomic E-state index is 10.3. The van der Waals surface area contributed by atoms with Crippen molar-refractivity contribution in [2.75, 3.05) is 18.9 Å². The van der Waals surface area contributed by atoms with Crippen molar-refractivity contribution in [3.05, 3.63) is 42.5 Å². The standard InChI is InChI=1S/C18H22BN6O7P/c20-5-11(26)9-3-1-2-4-10(9)19-31-14-12(6-29-33(27)28)30-18(15(14)32-19)25-8-24-13-16(21)22-7-23-17(13)25/h1-4,7-8,11-12,14-15,18,26-28H,5-6,20H2,(H2,21,22,23). The van der Waals surface area contributed by atoms with E-state index in [1.54, 1.807) is 22.8 Å². The molecule has 5 atom stereocenters. The van der Waals surface area contributed by atoms with E-state index in [1.165, 1.54) is 12.7 Å². The Labute approximate surface area is 189 Å². The molecule has 174 valence electrons. The van der Waals surface area contributed by atoms with Gasteiger partial charge in [0, 0.05) is 6.54 Å². The first-order valence-electron chi connectivity index (χ1n) is 10.1. The minimum Gasteiger partial charge on any atom is -0.399 e. The number of imidazole rings is 1.